The molecule has 0 saturated heterocycles. The summed E-state index contributed by atoms with van der Waals surface area (Å²) in [5.74, 6) is -0.441. The number of carbonyl (C=O) groups excluding carboxylic acids is 2. The number of hydrogen-bond acceptors (Lipinski definition) is 4. The minimum absolute atomic E-state index is 0.412. The standard InChI is InChI=1S/C17H15N3O3/c1-12(23-15-9-7-13(11-18)8-10-15)16(21)19-20-17(22)14-5-3-2-4-6-14/h2-10,12H,1H3,(H,19,21)(H,20,22). The van der Waals surface area contributed by atoms with Crippen LogP contribution in [-0.4, -0.2) is 17.9 Å². The molecular formula is C17H15N3O3. The summed E-state index contributed by atoms with van der Waals surface area (Å²) in [5, 5.41) is 8.72. The van der Waals surface area contributed by atoms with Crippen LogP contribution in [0.25, 0.3) is 0 Å². The summed E-state index contributed by atoms with van der Waals surface area (Å²) >= 11 is 0. The van der Waals surface area contributed by atoms with E-state index >= 15 is 0 Å². The Labute approximate surface area is 133 Å². The van der Waals surface area contributed by atoms with Crippen LogP contribution in [0.1, 0.15) is 22.8 Å². The molecule has 0 heterocycles. The highest BCUT2D eigenvalue weighted by atomic mass is 16.5. The number of ether oxygens (including phenoxy) is 1. The molecule has 6 nitrogen and oxygen atoms in total. The van der Waals surface area contributed by atoms with Crippen LogP contribution in [-0.2, 0) is 4.79 Å². The fourth-order valence-corrected chi connectivity index (χ4v) is 1.75. The summed E-state index contributed by atoms with van der Waals surface area (Å²) in [5.41, 5.74) is 5.57. The van der Waals surface area contributed by atoms with Crippen molar-refractivity contribution < 1.29 is 14.3 Å². The van der Waals surface area contributed by atoms with Crippen LogP contribution in [0.5, 0.6) is 5.75 Å². The number of carbonyl (C=O) groups is 2. The van der Waals surface area contributed by atoms with Gasteiger partial charge in [0.05, 0.1) is 11.6 Å². The Balaban J connectivity index is 1.85. The Kier molecular flexibility index (Phi) is 5.31. The van der Waals surface area contributed by atoms with E-state index in [0.717, 1.165) is 0 Å². The molecule has 2 amide bonds. The Hall–Kier alpha value is -3.33. The number of nitriles is 1. The lowest BCUT2D eigenvalue weighted by molar-refractivity contribution is -0.128. The van der Waals surface area contributed by atoms with Gasteiger partial charge in [0, 0.05) is 5.56 Å². The molecule has 1 unspecified atom stereocenters. The average Bonchev–Trinajstić information content (AvgIpc) is 2.60. The van der Waals surface area contributed by atoms with Gasteiger partial charge in [-0.3, -0.25) is 20.4 Å². The van der Waals surface area contributed by atoms with Gasteiger partial charge in [-0.1, -0.05) is 18.2 Å². The first kappa shape index (κ1) is 16.0. The molecule has 2 N–H and O–H groups in total. The van der Waals surface area contributed by atoms with Crippen molar-refractivity contribution in [3.63, 3.8) is 0 Å². The molecule has 0 bridgehead atoms. The van der Waals surface area contributed by atoms with Gasteiger partial charge >= 0.3 is 0 Å². The van der Waals surface area contributed by atoms with Crippen LogP contribution in [0.2, 0.25) is 0 Å². The molecule has 0 aliphatic carbocycles. The highest BCUT2D eigenvalue weighted by molar-refractivity contribution is 5.95. The SMILES string of the molecule is CC(Oc1ccc(C#N)cc1)C(=O)NNC(=O)c1ccccc1. The zero-order chi connectivity index (χ0) is 16.7. The molecule has 1 atom stereocenters. The highest BCUT2D eigenvalue weighted by Gasteiger charge is 2.15. The van der Waals surface area contributed by atoms with Crippen molar-refractivity contribution >= 4 is 11.8 Å². The van der Waals surface area contributed by atoms with Crippen molar-refractivity contribution in [2.45, 2.75) is 13.0 Å². The van der Waals surface area contributed by atoms with Crippen LogP contribution < -0.4 is 15.6 Å². The molecule has 0 aliphatic rings. The van der Waals surface area contributed by atoms with Crippen molar-refractivity contribution in [1.82, 2.24) is 10.9 Å². The van der Waals surface area contributed by atoms with Crippen LogP contribution in [0.15, 0.2) is 54.6 Å². The first-order chi connectivity index (χ1) is 11.1. The molecule has 116 valence electrons. The van der Waals surface area contributed by atoms with E-state index in [0.29, 0.717) is 16.9 Å². The number of hydrazine groups is 1. The summed E-state index contributed by atoms with van der Waals surface area (Å²) in [6.45, 7) is 1.56. The monoisotopic (exact) mass is 309 g/mol. The Morgan fingerprint density at radius 1 is 1.04 bits per heavy atom. The van der Waals surface area contributed by atoms with E-state index in [-0.39, 0.29) is 0 Å². The Morgan fingerprint density at radius 2 is 1.70 bits per heavy atom. The van der Waals surface area contributed by atoms with Crippen LogP contribution in [0.4, 0.5) is 0 Å². The molecule has 2 aromatic rings. The average molecular weight is 309 g/mol. The molecule has 0 fully saturated rings. The first-order valence-corrected chi connectivity index (χ1v) is 6.92. The van der Waals surface area contributed by atoms with Gasteiger partial charge in [0.2, 0.25) is 0 Å². The molecular weight excluding hydrogens is 294 g/mol. The summed E-state index contributed by atoms with van der Waals surface area (Å²) in [7, 11) is 0. The number of benzene rings is 2. The minimum atomic E-state index is -0.806. The van der Waals surface area contributed by atoms with Gasteiger partial charge in [-0.25, -0.2) is 0 Å². The normalized spacial score (nSPS) is 11.0. The summed E-state index contributed by atoms with van der Waals surface area (Å²) < 4.78 is 5.44. The molecule has 0 radical (unpaired) electrons. The van der Waals surface area contributed by atoms with Gasteiger partial charge in [-0.2, -0.15) is 5.26 Å². The molecule has 6 heteroatoms. The summed E-state index contributed by atoms with van der Waals surface area (Å²) in [4.78, 5) is 23.7. The zero-order valence-electron chi connectivity index (χ0n) is 12.4. The molecule has 0 aliphatic heterocycles. The van der Waals surface area contributed by atoms with E-state index in [9.17, 15) is 9.59 Å². The Morgan fingerprint density at radius 3 is 2.30 bits per heavy atom. The number of rotatable bonds is 4. The molecule has 0 aromatic heterocycles. The third-order valence-corrected chi connectivity index (χ3v) is 3.00. The van der Waals surface area contributed by atoms with E-state index in [1.807, 2.05) is 6.07 Å². The van der Waals surface area contributed by atoms with E-state index in [4.69, 9.17) is 10.00 Å². The predicted octanol–water partition coefficient (Wildman–Crippen LogP) is 1.79. The quantitative estimate of drug-likeness (QED) is 0.842. The minimum Gasteiger partial charge on any atom is -0.481 e. The molecule has 0 saturated carbocycles. The first-order valence-electron chi connectivity index (χ1n) is 6.92. The van der Waals surface area contributed by atoms with Crippen molar-refractivity contribution in [3.05, 3.63) is 65.7 Å². The molecule has 23 heavy (non-hydrogen) atoms. The van der Waals surface area contributed by atoms with E-state index in [1.165, 1.54) is 0 Å². The van der Waals surface area contributed by atoms with Gasteiger partial charge in [-0.05, 0) is 43.3 Å². The maximum atomic E-state index is 11.9. The second kappa shape index (κ2) is 7.61. The largest absolute Gasteiger partial charge is 0.481 e. The lowest BCUT2D eigenvalue weighted by Crippen LogP contribution is -2.47. The number of nitrogens with zero attached hydrogens (tertiary/aromatic N) is 1. The van der Waals surface area contributed by atoms with E-state index in [1.54, 1.807) is 61.5 Å². The maximum Gasteiger partial charge on any atom is 0.279 e. The van der Waals surface area contributed by atoms with Crippen LogP contribution in [0.3, 0.4) is 0 Å². The number of amides is 2. The predicted molar refractivity (Wildman–Crippen MR) is 83.3 cm³/mol. The summed E-state index contributed by atoms with van der Waals surface area (Å²) in [6.07, 6.45) is -0.806. The van der Waals surface area contributed by atoms with Crippen LogP contribution >= 0.6 is 0 Å². The maximum absolute atomic E-state index is 11.9. The van der Waals surface area contributed by atoms with Crippen molar-refractivity contribution in [3.8, 4) is 11.8 Å². The lowest BCUT2D eigenvalue weighted by Gasteiger charge is -2.15. The van der Waals surface area contributed by atoms with Crippen molar-refractivity contribution in [1.29, 1.82) is 5.26 Å². The third-order valence-electron chi connectivity index (χ3n) is 3.00. The Bertz CT molecular complexity index is 721. The topological polar surface area (TPSA) is 91.2 Å². The number of hydrogen-bond donors (Lipinski definition) is 2. The van der Waals surface area contributed by atoms with E-state index < -0.39 is 17.9 Å². The van der Waals surface area contributed by atoms with Gasteiger partial charge in [0.25, 0.3) is 11.8 Å². The van der Waals surface area contributed by atoms with E-state index in [2.05, 4.69) is 10.9 Å². The fraction of sp³-hybridized carbons (Fsp3) is 0.118. The van der Waals surface area contributed by atoms with Gasteiger partial charge in [-0.15, -0.1) is 0 Å². The van der Waals surface area contributed by atoms with Crippen molar-refractivity contribution in [2.24, 2.45) is 0 Å². The zero-order valence-corrected chi connectivity index (χ0v) is 12.4. The van der Waals surface area contributed by atoms with Gasteiger partial charge in [0.1, 0.15) is 5.75 Å². The third kappa shape index (κ3) is 4.58. The second-order valence-electron chi connectivity index (χ2n) is 4.71. The van der Waals surface area contributed by atoms with Crippen molar-refractivity contribution in [2.75, 3.05) is 0 Å². The van der Waals surface area contributed by atoms with Gasteiger partial charge < -0.3 is 4.74 Å². The highest BCUT2D eigenvalue weighted by Crippen LogP contribution is 2.13. The fourth-order valence-electron chi connectivity index (χ4n) is 1.75. The smallest absolute Gasteiger partial charge is 0.279 e. The summed E-state index contributed by atoms with van der Waals surface area (Å²) in [6, 6.07) is 16.9. The van der Waals surface area contributed by atoms with Crippen LogP contribution in [0, 0.1) is 11.3 Å². The van der Waals surface area contributed by atoms with Gasteiger partial charge in [0.15, 0.2) is 6.10 Å². The molecule has 2 aromatic carbocycles. The second-order valence-corrected chi connectivity index (χ2v) is 4.71. The molecule has 2 rings (SSSR count). The lowest BCUT2D eigenvalue weighted by atomic mass is 10.2. The molecule has 0 spiro atoms. The number of nitrogens with one attached hydrogen (secondary N) is 2.